The van der Waals surface area contributed by atoms with E-state index in [2.05, 4.69) is 0 Å². The van der Waals surface area contributed by atoms with E-state index in [9.17, 15) is 9.59 Å². The van der Waals surface area contributed by atoms with Crippen LogP contribution in [0.25, 0.3) is 0 Å². The van der Waals surface area contributed by atoms with E-state index in [0.717, 1.165) is 5.56 Å². The average molecular weight is 319 g/mol. The number of methoxy groups -OCH3 is 1. The summed E-state index contributed by atoms with van der Waals surface area (Å²) in [6.07, 6.45) is 1.26. The third-order valence-corrected chi connectivity index (χ3v) is 4.11. The van der Waals surface area contributed by atoms with Crippen molar-refractivity contribution in [1.82, 2.24) is 0 Å². The molecule has 1 fully saturated rings. The zero-order valence-electron chi connectivity index (χ0n) is 14.2. The molecule has 0 spiro atoms. The summed E-state index contributed by atoms with van der Waals surface area (Å²) < 4.78 is 10.4. The summed E-state index contributed by atoms with van der Waals surface area (Å²) in [6, 6.07) is 7.31. The summed E-state index contributed by atoms with van der Waals surface area (Å²) >= 11 is 0. The highest BCUT2D eigenvalue weighted by Gasteiger charge is 2.44. The number of carbonyl (C=O) groups excluding carboxylic acids is 2. The molecule has 1 aromatic rings. The van der Waals surface area contributed by atoms with Crippen LogP contribution in [0.1, 0.15) is 45.1 Å². The third kappa shape index (κ3) is 4.24. The third-order valence-electron chi connectivity index (χ3n) is 4.11. The molecule has 23 heavy (non-hydrogen) atoms. The second-order valence-electron chi connectivity index (χ2n) is 7.13. The number of benzene rings is 1. The van der Waals surface area contributed by atoms with Gasteiger partial charge in [-0.2, -0.15) is 0 Å². The Labute approximate surface area is 137 Å². The van der Waals surface area contributed by atoms with Crippen LogP contribution in [-0.4, -0.2) is 24.6 Å². The number of hydrogen-bond acceptors (Lipinski definition) is 5. The van der Waals surface area contributed by atoms with Crippen LogP contribution in [0.5, 0.6) is 0 Å². The van der Waals surface area contributed by atoms with Crippen molar-refractivity contribution in [3.8, 4) is 0 Å². The second kappa shape index (κ2) is 6.60. The fraction of sp³-hybridized carbons (Fsp3) is 0.556. The molecule has 0 saturated heterocycles. The number of hydrogen-bond donors (Lipinski definition) is 1. The van der Waals surface area contributed by atoms with E-state index in [0.29, 0.717) is 18.5 Å². The first-order valence-electron chi connectivity index (χ1n) is 7.87. The van der Waals surface area contributed by atoms with Crippen molar-refractivity contribution in [2.45, 2.75) is 45.1 Å². The molecule has 0 aromatic heterocycles. The van der Waals surface area contributed by atoms with Gasteiger partial charge in [0.05, 0.1) is 18.9 Å². The summed E-state index contributed by atoms with van der Waals surface area (Å²) in [7, 11) is 1.39. The molecular weight excluding hydrogens is 294 g/mol. The zero-order chi connectivity index (χ0) is 17.2. The molecule has 1 unspecified atom stereocenters. The fourth-order valence-corrected chi connectivity index (χ4v) is 3.01. The van der Waals surface area contributed by atoms with E-state index in [1.165, 1.54) is 7.11 Å². The Hall–Kier alpha value is -2.04. The SMILES string of the molecule is COC(=O)C1CC(C(C(=O)OC(C)(C)C)c2cccc(N)c2)C1. The molecule has 0 heterocycles. The molecule has 1 aliphatic carbocycles. The molecule has 0 aliphatic heterocycles. The van der Waals surface area contributed by atoms with Crippen LogP contribution in [0.15, 0.2) is 24.3 Å². The lowest BCUT2D eigenvalue weighted by atomic mass is 9.66. The van der Waals surface area contributed by atoms with Crippen LogP contribution in [0.2, 0.25) is 0 Å². The summed E-state index contributed by atoms with van der Waals surface area (Å²) in [6.45, 7) is 5.54. The van der Waals surface area contributed by atoms with E-state index in [4.69, 9.17) is 15.2 Å². The molecule has 1 saturated carbocycles. The Bertz CT molecular complexity index is 585. The van der Waals surface area contributed by atoms with E-state index < -0.39 is 11.5 Å². The molecule has 0 bridgehead atoms. The van der Waals surface area contributed by atoms with Crippen LogP contribution in [0.4, 0.5) is 5.69 Å². The highest BCUT2D eigenvalue weighted by molar-refractivity contribution is 5.81. The van der Waals surface area contributed by atoms with Gasteiger partial charge in [-0.25, -0.2) is 0 Å². The lowest BCUT2D eigenvalue weighted by Gasteiger charge is -2.38. The lowest BCUT2D eigenvalue weighted by molar-refractivity contribution is -0.163. The highest BCUT2D eigenvalue weighted by atomic mass is 16.6. The van der Waals surface area contributed by atoms with Crippen molar-refractivity contribution in [1.29, 1.82) is 0 Å². The van der Waals surface area contributed by atoms with Gasteiger partial charge in [-0.05, 0) is 57.2 Å². The number of anilines is 1. The molecule has 1 aromatic carbocycles. The Kier molecular flexibility index (Phi) is 4.97. The van der Waals surface area contributed by atoms with Crippen LogP contribution in [0.3, 0.4) is 0 Å². The lowest BCUT2D eigenvalue weighted by Crippen LogP contribution is -2.39. The number of nitrogen functional groups attached to an aromatic ring is 1. The normalized spacial score (nSPS) is 21.9. The molecule has 5 heteroatoms. The molecule has 1 atom stereocenters. The summed E-state index contributed by atoms with van der Waals surface area (Å²) in [5.41, 5.74) is 6.75. The van der Waals surface area contributed by atoms with Gasteiger partial charge in [0.1, 0.15) is 5.60 Å². The number of nitrogens with two attached hydrogens (primary N) is 1. The predicted octanol–water partition coefficient (Wildman–Crippen LogP) is 2.89. The highest BCUT2D eigenvalue weighted by Crippen LogP contribution is 2.45. The predicted molar refractivity (Wildman–Crippen MR) is 87.7 cm³/mol. The minimum atomic E-state index is -0.554. The van der Waals surface area contributed by atoms with Gasteiger partial charge in [-0.15, -0.1) is 0 Å². The number of rotatable bonds is 4. The Morgan fingerprint density at radius 3 is 2.43 bits per heavy atom. The first-order chi connectivity index (χ1) is 10.7. The largest absolute Gasteiger partial charge is 0.469 e. The van der Waals surface area contributed by atoms with Gasteiger partial charge in [-0.1, -0.05) is 12.1 Å². The Morgan fingerprint density at radius 2 is 1.91 bits per heavy atom. The number of esters is 2. The quantitative estimate of drug-likeness (QED) is 0.682. The van der Waals surface area contributed by atoms with Gasteiger partial charge in [0.2, 0.25) is 0 Å². The van der Waals surface area contributed by atoms with Crippen LogP contribution in [-0.2, 0) is 19.1 Å². The van der Waals surface area contributed by atoms with Crippen molar-refractivity contribution in [3.63, 3.8) is 0 Å². The molecule has 0 radical (unpaired) electrons. The average Bonchev–Trinajstić information content (AvgIpc) is 2.39. The van der Waals surface area contributed by atoms with Crippen molar-refractivity contribution in [3.05, 3.63) is 29.8 Å². The van der Waals surface area contributed by atoms with Crippen molar-refractivity contribution in [2.24, 2.45) is 11.8 Å². The molecular formula is C18H25NO4. The minimum Gasteiger partial charge on any atom is -0.469 e. The van der Waals surface area contributed by atoms with Crippen LogP contribution < -0.4 is 5.73 Å². The van der Waals surface area contributed by atoms with Crippen LogP contribution in [0, 0.1) is 11.8 Å². The molecule has 0 amide bonds. The van der Waals surface area contributed by atoms with Gasteiger partial charge < -0.3 is 15.2 Å². The summed E-state index contributed by atoms with van der Waals surface area (Å²) in [4.78, 5) is 24.3. The van der Waals surface area contributed by atoms with Gasteiger partial charge in [0.25, 0.3) is 0 Å². The summed E-state index contributed by atoms with van der Waals surface area (Å²) in [5, 5.41) is 0. The maximum Gasteiger partial charge on any atom is 0.314 e. The van der Waals surface area contributed by atoms with Crippen molar-refractivity contribution >= 4 is 17.6 Å². The zero-order valence-corrected chi connectivity index (χ0v) is 14.2. The molecule has 2 rings (SSSR count). The molecule has 126 valence electrons. The second-order valence-corrected chi connectivity index (χ2v) is 7.13. The van der Waals surface area contributed by atoms with Crippen LogP contribution >= 0.6 is 0 Å². The molecule has 2 N–H and O–H groups in total. The van der Waals surface area contributed by atoms with E-state index in [1.807, 2.05) is 32.9 Å². The summed E-state index contributed by atoms with van der Waals surface area (Å²) in [5.74, 6) is -0.946. The van der Waals surface area contributed by atoms with Gasteiger partial charge in [-0.3, -0.25) is 9.59 Å². The number of ether oxygens (including phenoxy) is 2. The Balaban J connectivity index is 2.20. The van der Waals surface area contributed by atoms with E-state index in [1.54, 1.807) is 12.1 Å². The Morgan fingerprint density at radius 1 is 1.26 bits per heavy atom. The number of carbonyl (C=O) groups is 2. The van der Waals surface area contributed by atoms with Gasteiger partial charge in [0, 0.05) is 5.69 Å². The first kappa shape index (κ1) is 17.3. The van der Waals surface area contributed by atoms with E-state index in [-0.39, 0.29) is 23.8 Å². The minimum absolute atomic E-state index is 0.0655. The molecule has 1 aliphatic rings. The molecule has 5 nitrogen and oxygen atoms in total. The monoisotopic (exact) mass is 319 g/mol. The van der Waals surface area contributed by atoms with E-state index >= 15 is 0 Å². The fourth-order valence-electron chi connectivity index (χ4n) is 3.01. The smallest absolute Gasteiger partial charge is 0.314 e. The maximum absolute atomic E-state index is 12.7. The van der Waals surface area contributed by atoms with Crippen molar-refractivity contribution < 1.29 is 19.1 Å². The van der Waals surface area contributed by atoms with Gasteiger partial charge in [0.15, 0.2) is 0 Å². The first-order valence-corrected chi connectivity index (χ1v) is 7.87. The topological polar surface area (TPSA) is 78.6 Å². The van der Waals surface area contributed by atoms with Crippen molar-refractivity contribution in [2.75, 3.05) is 12.8 Å². The maximum atomic E-state index is 12.7. The van der Waals surface area contributed by atoms with Gasteiger partial charge >= 0.3 is 11.9 Å². The standard InChI is InChI=1S/C18H25NO4/c1-18(2,3)23-17(21)15(11-6-5-7-14(19)10-11)12-8-13(9-12)16(20)22-4/h5-7,10,12-13,15H,8-9,19H2,1-4H3.